The zero-order chi connectivity index (χ0) is 16.8. The summed E-state index contributed by atoms with van der Waals surface area (Å²) >= 11 is 5.67. The first kappa shape index (κ1) is 16.9. The molecule has 0 saturated carbocycles. The molecule has 2 N–H and O–H groups in total. The molecular weight excluding hydrogens is 323 g/mol. The van der Waals surface area contributed by atoms with Gasteiger partial charge in [0.1, 0.15) is 17.0 Å². The highest BCUT2D eigenvalue weighted by atomic mass is 35.5. The Hall–Kier alpha value is -2.47. The van der Waals surface area contributed by atoms with Crippen LogP contribution in [0.15, 0.2) is 42.6 Å². The Morgan fingerprint density at radius 2 is 1.83 bits per heavy atom. The van der Waals surface area contributed by atoms with E-state index in [9.17, 15) is 19.1 Å². The van der Waals surface area contributed by atoms with E-state index in [0.717, 1.165) is 0 Å². The van der Waals surface area contributed by atoms with Crippen LogP contribution in [0.25, 0.3) is 0 Å². The molecule has 0 unspecified atom stereocenters. The van der Waals surface area contributed by atoms with E-state index in [1.54, 1.807) is 12.1 Å². The van der Waals surface area contributed by atoms with E-state index in [0.29, 0.717) is 16.3 Å². The molecule has 2 rings (SSSR count). The number of benzene rings is 1. The molecule has 0 radical (unpaired) electrons. The van der Waals surface area contributed by atoms with Crippen LogP contribution in [-0.4, -0.2) is 28.0 Å². The largest absolute Gasteiger partial charge is 0.480 e. The summed E-state index contributed by atoms with van der Waals surface area (Å²) in [6.07, 6.45) is 1.53. The van der Waals surface area contributed by atoms with Gasteiger partial charge in [-0.1, -0.05) is 29.8 Å². The molecule has 5 nitrogen and oxygen atoms in total. The molecule has 0 bridgehead atoms. The van der Waals surface area contributed by atoms with Crippen LogP contribution < -0.4 is 5.32 Å². The average Bonchev–Trinajstić information content (AvgIpc) is 2.51. The minimum Gasteiger partial charge on any atom is -0.480 e. The van der Waals surface area contributed by atoms with E-state index in [2.05, 4.69) is 10.3 Å². The summed E-state index contributed by atoms with van der Waals surface area (Å²) in [6.45, 7) is 0. The number of carboxylic acid groups (broad SMARTS) is 1. The van der Waals surface area contributed by atoms with E-state index < -0.39 is 23.7 Å². The number of nitrogens with zero attached hydrogens (tertiary/aromatic N) is 1. The maximum absolute atomic E-state index is 12.8. The van der Waals surface area contributed by atoms with Gasteiger partial charge < -0.3 is 10.4 Å². The molecule has 1 heterocycles. The molecule has 0 aliphatic carbocycles. The number of hydrogen-bond donors (Lipinski definition) is 2. The van der Waals surface area contributed by atoms with E-state index >= 15 is 0 Å². The maximum Gasteiger partial charge on any atom is 0.326 e. The van der Waals surface area contributed by atoms with Gasteiger partial charge in [-0.25, -0.2) is 14.2 Å². The van der Waals surface area contributed by atoms with Gasteiger partial charge in [-0.2, -0.15) is 0 Å². The van der Waals surface area contributed by atoms with Gasteiger partial charge in [-0.05, 0) is 29.3 Å². The van der Waals surface area contributed by atoms with Crippen LogP contribution in [0.2, 0.25) is 5.15 Å². The first-order valence-electron chi connectivity index (χ1n) is 6.81. The summed E-state index contributed by atoms with van der Waals surface area (Å²) in [5, 5.41) is 12.0. The zero-order valence-corrected chi connectivity index (χ0v) is 12.8. The van der Waals surface area contributed by atoms with E-state index in [-0.39, 0.29) is 12.8 Å². The minimum atomic E-state index is -1.15. The van der Waals surface area contributed by atoms with Gasteiger partial charge in [0.25, 0.3) is 0 Å². The third-order valence-electron chi connectivity index (χ3n) is 3.14. The van der Waals surface area contributed by atoms with Crippen molar-refractivity contribution in [2.45, 2.75) is 18.9 Å². The Bertz CT molecular complexity index is 689. The number of amides is 1. The highest BCUT2D eigenvalue weighted by Gasteiger charge is 2.20. The van der Waals surface area contributed by atoms with Gasteiger partial charge in [-0.3, -0.25) is 4.79 Å². The average molecular weight is 337 g/mol. The molecule has 120 valence electrons. The molecule has 0 fully saturated rings. The van der Waals surface area contributed by atoms with Crippen molar-refractivity contribution in [2.24, 2.45) is 0 Å². The quantitative estimate of drug-likeness (QED) is 0.793. The standard InChI is InChI=1S/C16H14ClFN2O3/c17-14-6-3-11(9-19-14)7-13(16(22)23)20-15(21)8-10-1-4-12(18)5-2-10/h1-6,9,13H,7-8H2,(H,20,21)(H,22,23)/t13-/m0/s1. The Labute approximate surface area is 137 Å². The van der Waals surface area contributed by atoms with Crippen LogP contribution in [0.1, 0.15) is 11.1 Å². The number of carbonyl (C=O) groups excluding carboxylic acids is 1. The van der Waals surface area contributed by atoms with Crippen molar-refractivity contribution in [3.8, 4) is 0 Å². The topological polar surface area (TPSA) is 79.3 Å². The van der Waals surface area contributed by atoms with Crippen LogP contribution >= 0.6 is 11.6 Å². The van der Waals surface area contributed by atoms with Crippen LogP contribution in [0.5, 0.6) is 0 Å². The Morgan fingerprint density at radius 1 is 1.17 bits per heavy atom. The van der Waals surface area contributed by atoms with Crippen molar-refractivity contribution in [1.82, 2.24) is 10.3 Å². The normalized spacial score (nSPS) is 11.7. The predicted octanol–water partition coefficient (Wildman–Crippen LogP) is 2.23. The summed E-state index contributed by atoms with van der Waals surface area (Å²) in [5.41, 5.74) is 1.24. The van der Waals surface area contributed by atoms with E-state index in [1.165, 1.54) is 30.5 Å². The number of pyridine rings is 1. The van der Waals surface area contributed by atoms with Crippen molar-refractivity contribution in [3.63, 3.8) is 0 Å². The molecule has 7 heteroatoms. The van der Waals surface area contributed by atoms with Crippen molar-refractivity contribution in [1.29, 1.82) is 0 Å². The molecule has 0 spiro atoms. The fourth-order valence-electron chi connectivity index (χ4n) is 2.00. The highest BCUT2D eigenvalue weighted by molar-refractivity contribution is 6.29. The Morgan fingerprint density at radius 3 is 2.39 bits per heavy atom. The number of hydrogen-bond acceptors (Lipinski definition) is 3. The maximum atomic E-state index is 12.8. The number of halogens is 2. The second kappa shape index (κ2) is 7.69. The molecule has 0 saturated heterocycles. The lowest BCUT2D eigenvalue weighted by molar-refractivity contribution is -0.141. The van der Waals surface area contributed by atoms with Crippen LogP contribution in [-0.2, 0) is 22.4 Å². The minimum absolute atomic E-state index is 0.0249. The summed E-state index contributed by atoms with van der Waals surface area (Å²) < 4.78 is 12.8. The SMILES string of the molecule is O=C(Cc1ccc(F)cc1)N[C@@H](Cc1ccc(Cl)nc1)C(=O)O. The van der Waals surface area contributed by atoms with Crippen molar-refractivity contribution in [2.75, 3.05) is 0 Å². The number of rotatable bonds is 6. The first-order valence-corrected chi connectivity index (χ1v) is 7.19. The lowest BCUT2D eigenvalue weighted by Gasteiger charge is -2.14. The molecule has 1 amide bonds. The first-order chi connectivity index (χ1) is 10.9. The van der Waals surface area contributed by atoms with Crippen molar-refractivity contribution < 1.29 is 19.1 Å². The molecule has 1 atom stereocenters. The lowest BCUT2D eigenvalue weighted by atomic mass is 10.1. The monoisotopic (exact) mass is 336 g/mol. The van der Waals surface area contributed by atoms with Gasteiger partial charge in [0, 0.05) is 12.6 Å². The zero-order valence-electron chi connectivity index (χ0n) is 12.0. The molecule has 0 aliphatic rings. The van der Waals surface area contributed by atoms with Crippen LogP contribution in [0, 0.1) is 5.82 Å². The third-order valence-corrected chi connectivity index (χ3v) is 3.36. The van der Waals surface area contributed by atoms with Crippen LogP contribution in [0.3, 0.4) is 0 Å². The van der Waals surface area contributed by atoms with Gasteiger partial charge in [0.2, 0.25) is 5.91 Å². The molecule has 1 aromatic carbocycles. The van der Waals surface area contributed by atoms with Crippen LogP contribution in [0.4, 0.5) is 4.39 Å². The summed E-state index contributed by atoms with van der Waals surface area (Å²) in [4.78, 5) is 27.1. The second-order valence-electron chi connectivity index (χ2n) is 4.95. The third kappa shape index (κ3) is 5.34. The lowest BCUT2D eigenvalue weighted by Crippen LogP contribution is -2.43. The summed E-state index contributed by atoms with van der Waals surface area (Å²) in [5.74, 6) is -1.99. The molecule has 0 aliphatic heterocycles. The smallest absolute Gasteiger partial charge is 0.326 e. The van der Waals surface area contributed by atoms with Gasteiger partial charge in [0.15, 0.2) is 0 Å². The fraction of sp³-hybridized carbons (Fsp3) is 0.188. The second-order valence-corrected chi connectivity index (χ2v) is 5.34. The van der Waals surface area contributed by atoms with Gasteiger partial charge >= 0.3 is 5.97 Å². The highest BCUT2D eigenvalue weighted by Crippen LogP contribution is 2.08. The van der Waals surface area contributed by atoms with Gasteiger partial charge in [-0.15, -0.1) is 0 Å². The number of carbonyl (C=O) groups is 2. The predicted molar refractivity (Wildman–Crippen MR) is 82.6 cm³/mol. The molecule has 2 aromatic rings. The molecular formula is C16H14ClFN2O3. The van der Waals surface area contributed by atoms with Crippen molar-refractivity contribution >= 4 is 23.5 Å². The molecule has 23 heavy (non-hydrogen) atoms. The number of aromatic nitrogens is 1. The summed E-state index contributed by atoms with van der Waals surface area (Å²) in [7, 11) is 0. The Kier molecular flexibility index (Phi) is 5.65. The molecule has 1 aromatic heterocycles. The number of nitrogens with one attached hydrogen (secondary N) is 1. The van der Waals surface area contributed by atoms with Gasteiger partial charge in [0.05, 0.1) is 6.42 Å². The van der Waals surface area contributed by atoms with E-state index in [1.807, 2.05) is 0 Å². The number of carboxylic acids is 1. The number of aliphatic carboxylic acids is 1. The Balaban J connectivity index is 1.98. The van der Waals surface area contributed by atoms with E-state index in [4.69, 9.17) is 11.6 Å². The summed E-state index contributed by atoms with van der Waals surface area (Å²) in [6, 6.07) is 7.58. The fourth-order valence-corrected chi connectivity index (χ4v) is 2.11. The van der Waals surface area contributed by atoms with Crippen molar-refractivity contribution in [3.05, 3.63) is 64.7 Å².